The molecule has 0 unspecified atom stereocenters. The van der Waals surface area contributed by atoms with Crippen LogP contribution in [0.25, 0.3) is 0 Å². The third-order valence-electron chi connectivity index (χ3n) is 4.53. The van der Waals surface area contributed by atoms with Gasteiger partial charge in [0.15, 0.2) is 0 Å². The predicted octanol–water partition coefficient (Wildman–Crippen LogP) is -0.288. The van der Waals surface area contributed by atoms with Gasteiger partial charge in [-0.2, -0.15) is 4.31 Å². The van der Waals surface area contributed by atoms with E-state index in [0.717, 1.165) is 23.5 Å². The second-order valence-corrected chi connectivity index (χ2v) is 10.3. The zero-order chi connectivity index (χ0) is 23.5. The molecule has 2 aromatic carbocycles. The summed E-state index contributed by atoms with van der Waals surface area (Å²) in [5, 5.41) is 2.52. The summed E-state index contributed by atoms with van der Waals surface area (Å²) < 4.78 is 58.1. The van der Waals surface area contributed by atoms with Crippen molar-refractivity contribution in [2.75, 3.05) is 26.7 Å². The lowest BCUT2D eigenvalue weighted by molar-refractivity contribution is -0.122. The molecule has 0 saturated carbocycles. The molecule has 0 atom stereocenters. The molecule has 32 heavy (non-hydrogen) atoms. The number of carbonyl (C=O) groups is 3. The van der Waals surface area contributed by atoms with E-state index in [2.05, 4.69) is 10.1 Å². The molecule has 170 valence electrons. The molecule has 0 spiro atoms. The zero-order valence-electron chi connectivity index (χ0n) is 16.8. The summed E-state index contributed by atoms with van der Waals surface area (Å²) in [6.45, 7) is -0.139. The number of hydrogen-bond donors (Lipinski definition) is 2. The van der Waals surface area contributed by atoms with Gasteiger partial charge in [-0.05, 0) is 36.4 Å². The highest BCUT2D eigenvalue weighted by molar-refractivity contribution is 7.90. The molecule has 2 amide bonds. The highest BCUT2D eigenvalue weighted by Gasteiger charge is 2.30. The van der Waals surface area contributed by atoms with E-state index in [9.17, 15) is 31.2 Å². The minimum Gasteiger partial charge on any atom is -0.465 e. The molecular weight excluding hydrogens is 462 g/mol. The highest BCUT2D eigenvalue weighted by Crippen LogP contribution is 2.19. The van der Waals surface area contributed by atoms with Crippen LogP contribution in [0.5, 0.6) is 0 Å². The van der Waals surface area contributed by atoms with Crippen molar-refractivity contribution in [3.05, 3.63) is 59.7 Å². The molecule has 1 saturated heterocycles. The largest absolute Gasteiger partial charge is 0.465 e. The van der Waals surface area contributed by atoms with Crippen molar-refractivity contribution in [2.45, 2.75) is 9.79 Å². The quantitative estimate of drug-likeness (QED) is 0.533. The summed E-state index contributed by atoms with van der Waals surface area (Å²) in [4.78, 5) is 35.1. The number of nitrogens with one attached hydrogen (secondary N) is 2. The van der Waals surface area contributed by atoms with E-state index in [4.69, 9.17) is 0 Å². The molecule has 1 aliphatic heterocycles. The molecule has 1 aliphatic rings. The maximum atomic E-state index is 12.8. The summed E-state index contributed by atoms with van der Waals surface area (Å²) in [5.74, 6) is -2.27. The monoisotopic (exact) mass is 481 g/mol. The lowest BCUT2D eigenvalue weighted by Gasteiger charge is -2.26. The van der Waals surface area contributed by atoms with Gasteiger partial charge in [0.2, 0.25) is 15.9 Å². The molecule has 1 fully saturated rings. The summed E-state index contributed by atoms with van der Waals surface area (Å²) in [6.07, 6.45) is 0. The molecule has 1 heterocycles. The average Bonchev–Trinajstić information content (AvgIpc) is 2.78. The Hall–Kier alpha value is -3.29. The average molecular weight is 482 g/mol. The number of sulfonamides is 2. The Morgan fingerprint density at radius 1 is 1.00 bits per heavy atom. The van der Waals surface area contributed by atoms with Crippen LogP contribution < -0.4 is 10.0 Å². The number of nitrogens with zero attached hydrogens (tertiary/aromatic N) is 1. The number of ether oxygens (including phenoxy) is 1. The van der Waals surface area contributed by atoms with Crippen molar-refractivity contribution in [3.63, 3.8) is 0 Å². The van der Waals surface area contributed by atoms with E-state index < -0.39 is 37.8 Å². The number of benzene rings is 2. The molecular formula is C19H19N3O8S2. The van der Waals surface area contributed by atoms with Crippen LogP contribution in [0, 0.1) is 0 Å². The highest BCUT2D eigenvalue weighted by atomic mass is 32.2. The van der Waals surface area contributed by atoms with Crippen LogP contribution in [0.4, 0.5) is 0 Å². The minimum absolute atomic E-state index is 0.0264. The van der Waals surface area contributed by atoms with Crippen molar-refractivity contribution in [2.24, 2.45) is 0 Å². The van der Waals surface area contributed by atoms with Gasteiger partial charge in [-0.15, -0.1) is 0 Å². The number of methoxy groups -OCH3 is 1. The number of amides is 2. The van der Waals surface area contributed by atoms with Gasteiger partial charge in [0.1, 0.15) is 0 Å². The number of rotatable bonds is 6. The van der Waals surface area contributed by atoms with E-state index in [1.165, 1.54) is 36.4 Å². The first-order chi connectivity index (χ1) is 15.0. The SMILES string of the molecule is COC(=O)c1cccc(S(=O)(=O)NC(=O)c2cccc(S(=O)(=O)N3CCNC(=O)C3)c2)c1. The Morgan fingerprint density at radius 2 is 1.62 bits per heavy atom. The van der Waals surface area contributed by atoms with E-state index in [-0.39, 0.29) is 40.6 Å². The first-order valence-corrected chi connectivity index (χ1v) is 12.1. The Kier molecular flexibility index (Phi) is 6.62. The van der Waals surface area contributed by atoms with Crippen molar-refractivity contribution in [1.29, 1.82) is 0 Å². The Bertz CT molecular complexity index is 1290. The van der Waals surface area contributed by atoms with Crippen LogP contribution in [0.1, 0.15) is 20.7 Å². The van der Waals surface area contributed by atoms with Crippen LogP contribution in [0.2, 0.25) is 0 Å². The standard InChI is InChI=1S/C19H19N3O8S2/c1-30-19(25)14-5-3-6-15(11-14)31(26,27)21-18(24)13-4-2-7-16(10-13)32(28,29)22-9-8-20-17(23)12-22/h2-7,10-11H,8-9,12H2,1H3,(H,20,23)(H,21,24). The fourth-order valence-corrected chi connectivity index (χ4v) is 5.38. The van der Waals surface area contributed by atoms with Crippen LogP contribution >= 0.6 is 0 Å². The Balaban J connectivity index is 1.85. The van der Waals surface area contributed by atoms with E-state index >= 15 is 0 Å². The van der Waals surface area contributed by atoms with Crippen LogP contribution in [0.3, 0.4) is 0 Å². The number of hydrogen-bond acceptors (Lipinski definition) is 8. The molecule has 0 bridgehead atoms. The van der Waals surface area contributed by atoms with Crippen LogP contribution in [-0.2, 0) is 29.6 Å². The van der Waals surface area contributed by atoms with Crippen LogP contribution in [-0.4, -0.2) is 65.7 Å². The fourth-order valence-electron chi connectivity index (χ4n) is 2.92. The molecule has 2 aromatic rings. The first-order valence-electron chi connectivity index (χ1n) is 9.17. The minimum atomic E-state index is -4.37. The topological polar surface area (TPSA) is 156 Å². The summed E-state index contributed by atoms with van der Waals surface area (Å²) in [5.41, 5.74) is -0.248. The van der Waals surface area contributed by atoms with E-state index in [0.29, 0.717) is 0 Å². The lowest BCUT2D eigenvalue weighted by Crippen LogP contribution is -2.49. The number of esters is 1. The molecule has 0 aromatic heterocycles. The lowest BCUT2D eigenvalue weighted by atomic mass is 10.2. The smallest absolute Gasteiger partial charge is 0.337 e. The second kappa shape index (κ2) is 9.06. The number of piperazine rings is 1. The Morgan fingerprint density at radius 3 is 2.28 bits per heavy atom. The molecule has 2 N–H and O–H groups in total. The maximum absolute atomic E-state index is 12.8. The Labute approximate surface area is 184 Å². The van der Waals surface area contributed by atoms with Gasteiger partial charge in [-0.25, -0.2) is 26.4 Å². The van der Waals surface area contributed by atoms with Gasteiger partial charge in [0.05, 0.1) is 29.0 Å². The second-order valence-electron chi connectivity index (χ2n) is 6.67. The molecule has 13 heteroatoms. The van der Waals surface area contributed by atoms with Crippen molar-refractivity contribution < 1.29 is 36.0 Å². The zero-order valence-corrected chi connectivity index (χ0v) is 18.4. The molecule has 3 rings (SSSR count). The summed E-state index contributed by atoms with van der Waals surface area (Å²) in [7, 11) is -7.30. The van der Waals surface area contributed by atoms with E-state index in [1.807, 2.05) is 4.72 Å². The molecule has 0 aliphatic carbocycles. The molecule has 0 radical (unpaired) electrons. The van der Waals surface area contributed by atoms with Crippen molar-refractivity contribution >= 4 is 37.8 Å². The van der Waals surface area contributed by atoms with Crippen molar-refractivity contribution in [3.8, 4) is 0 Å². The van der Waals surface area contributed by atoms with Gasteiger partial charge < -0.3 is 10.1 Å². The van der Waals surface area contributed by atoms with Gasteiger partial charge in [0.25, 0.3) is 15.9 Å². The van der Waals surface area contributed by atoms with Gasteiger partial charge in [-0.1, -0.05) is 12.1 Å². The third kappa shape index (κ3) is 4.95. The first kappa shape index (κ1) is 23.4. The van der Waals surface area contributed by atoms with Gasteiger partial charge in [-0.3, -0.25) is 9.59 Å². The normalized spacial score (nSPS) is 15.0. The summed E-state index contributed by atoms with van der Waals surface area (Å²) >= 11 is 0. The fraction of sp³-hybridized carbons (Fsp3) is 0.211. The number of carbonyl (C=O) groups excluding carboxylic acids is 3. The summed E-state index contributed by atoms with van der Waals surface area (Å²) in [6, 6.07) is 9.70. The van der Waals surface area contributed by atoms with Gasteiger partial charge >= 0.3 is 5.97 Å². The van der Waals surface area contributed by atoms with E-state index in [1.54, 1.807) is 0 Å². The predicted molar refractivity (Wildman–Crippen MR) is 111 cm³/mol. The third-order valence-corrected chi connectivity index (χ3v) is 7.70. The molecule has 11 nitrogen and oxygen atoms in total. The van der Waals surface area contributed by atoms with Crippen molar-refractivity contribution in [1.82, 2.24) is 14.3 Å². The van der Waals surface area contributed by atoms with Crippen LogP contribution in [0.15, 0.2) is 58.3 Å². The van der Waals surface area contributed by atoms with Gasteiger partial charge in [0, 0.05) is 18.7 Å². The maximum Gasteiger partial charge on any atom is 0.337 e.